The van der Waals surface area contributed by atoms with Gasteiger partial charge in [-0.25, -0.2) is 4.68 Å². The minimum Gasteiger partial charge on any atom is -0.294 e. The lowest BCUT2D eigenvalue weighted by Gasteiger charge is -2.45. The summed E-state index contributed by atoms with van der Waals surface area (Å²) in [6, 6.07) is 10.2. The Labute approximate surface area is 114 Å². The number of nitrogens with zero attached hydrogens (tertiary/aromatic N) is 3. The third kappa shape index (κ3) is 2.43. The molecule has 0 saturated carbocycles. The molecule has 0 aliphatic carbocycles. The fourth-order valence-electron chi connectivity index (χ4n) is 2.89. The van der Waals surface area contributed by atoms with Crippen LogP contribution in [0.2, 0.25) is 0 Å². The van der Waals surface area contributed by atoms with Crippen LogP contribution in [0.25, 0.3) is 5.69 Å². The molecule has 1 aliphatic rings. The Hall–Kier alpha value is -1.61. The molecule has 0 amide bonds. The summed E-state index contributed by atoms with van der Waals surface area (Å²) in [6.07, 6.45) is 5.26. The van der Waals surface area contributed by atoms with Crippen molar-refractivity contribution in [3.63, 3.8) is 0 Å². The standard InChI is InChI=1S/C16H21N3/c1-12-9-17-19(10-12)16-6-4-15(5-7-16)11-18-13(2)8-14(18)3/h4-7,9-10,13-14H,8,11H2,1-3H3. The molecule has 100 valence electrons. The van der Waals surface area contributed by atoms with Gasteiger partial charge in [-0.05, 0) is 50.5 Å². The highest BCUT2D eigenvalue weighted by atomic mass is 15.3. The van der Waals surface area contributed by atoms with Crippen LogP contribution in [0, 0.1) is 6.92 Å². The first-order valence-electron chi connectivity index (χ1n) is 7.00. The fourth-order valence-corrected chi connectivity index (χ4v) is 2.89. The van der Waals surface area contributed by atoms with Gasteiger partial charge in [0.25, 0.3) is 0 Å². The van der Waals surface area contributed by atoms with E-state index in [9.17, 15) is 0 Å². The number of aromatic nitrogens is 2. The Morgan fingerprint density at radius 2 is 1.84 bits per heavy atom. The highest BCUT2D eigenvalue weighted by Gasteiger charge is 2.30. The fraction of sp³-hybridized carbons (Fsp3) is 0.438. The molecule has 2 heterocycles. The first-order valence-corrected chi connectivity index (χ1v) is 7.00. The van der Waals surface area contributed by atoms with Crippen LogP contribution in [-0.4, -0.2) is 26.8 Å². The maximum absolute atomic E-state index is 4.33. The predicted molar refractivity (Wildman–Crippen MR) is 77.4 cm³/mol. The van der Waals surface area contributed by atoms with Crippen molar-refractivity contribution < 1.29 is 0 Å². The Bertz CT molecular complexity index is 548. The third-order valence-corrected chi connectivity index (χ3v) is 4.09. The molecule has 3 nitrogen and oxygen atoms in total. The van der Waals surface area contributed by atoms with E-state index in [1.165, 1.54) is 17.5 Å². The summed E-state index contributed by atoms with van der Waals surface area (Å²) in [5, 5.41) is 4.33. The summed E-state index contributed by atoms with van der Waals surface area (Å²) >= 11 is 0. The summed E-state index contributed by atoms with van der Waals surface area (Å²) < 4.78 is 1.92. The zero-order valence-electron chi connectivity index (χ0n) is 11.9. The van der Waals surface area contributed by atoms with Crippen LogP contribution in [0.1, 0.15) is 31.4 Å². The van der Waals surface area contributed by atoms with Crippen molar-refractivity contribution in [3.05, 3.63) is 47.8 Å². The van der Waals surface area contributed by atoms with Gasteiger partial charge < -0.3 is 0 Å². The van der Waals surface area contributed by atoms with Gasteiger partial charge in [0.2, 0.25) is 0 Å². The van der Waals surface area contributed by atoms with Crippen LogP contribution >= 0.6 is 0 Å². The second kappa shape index (κ2) is 4.82. The van der Waals surface area contributed by atoms with Gasteiger partial charge in [-0.3, -0.25) is 4.90 Å². The molecule has 0 radical (unpaired) electrons. The highest BCUT2D eigenvalue weighted by Crippen LogP contribution is 2.27. The van der Waals surface area contributed by atoms with Crippen molar-refractivity contribution in [2.24, 2.45) is 0 Å². The molecule has 2 aromatic rings. The van der Waals surface area contributed by atoms with Gasteiger partial charge >= 0.3 is 0 Å². The summed E-state index contributed by atoms with van der Waals surface area (Å²) in [5.74, 6) is 0. The topological polar surface area (TPSA) is 21.1 Å². The summed E-state index contributed by atoms with van der Waals surface area (Å²) in [7, 11) is 0. The van der Waals surface area contributed by atoms with Crippen molar-refractivity contribution in [3.8, 4) is 5.69 Å². The maximum atomic E-state index is 4.33. The number of benzene rings is 1. The molecule has 1 aromatic heterocycles. The Kier molecular flexibility index (Phi) is 3.15. The van der Waals surface area contributed by atoms with Crippen molar-refractivity contribution in [1.29, 1.82) is 0 Å². The van der Waals surface area contributed by atoms with Crippen LogP contribution in [0.15, 0.2) is 36.7 Å². The van der Waals surface area contributed by atoms with E-state index in [4.69, 9.17) is 0 Å². The Morgan fingerprint density at radius 1 is 1.16 bits per heavy atom. The van der Waals surface area contributed by atoms with Crippen molar-refractivity contribution in [2.75, 3.05) is 0 Å². The monoisotopic (exact) mass is 255 g/mol. The smallest absolute Gasteiger partial charge is 0.0645 e. The van der Waals surface area contributed by atoms with Crippen molar-refractivity contribution >= 4 is 0 Å². The van der Waals surface area contributed by atoms with Crippen LogP contribution in [0.5, 0.6) is 0 Å². The molecule has 1 aliphatic heterocycles. The minimum absolute atomic E-state index is 0.725. The van der Waals surface area contributed by atoms with E-state index in [1.54, 1.807) is 0 Å². The van der Waals surface area contributed by atoms with Crippen molar-refractivity contribution in [2.45, 2.75) is 45.8 Å². The highest BCUT2D eigenvalue weighted by molar-refractivity contribution is 5.34. The first-order chi connectivity index (χ1) is 9.13. The van der Waals surface area contributed by atoms with E-state index >= 15 is 0 Å². The third-order valence-electron chi connectivity index (χ3n) is 4.09. The number of hydrogen-bond acceptors (Lipinski definition) is 2. The molecule has 1 saturated heterocycles. The lowest BCUT2D eigenvalue weighted by Crippen LogP contribution is -2.51. The average Bonchev–Trinajstić information content (AvgIpc) is 2.84. The molecule has 0 bridgehead atoms. The molecule has 0 spiro atoms. The molecule has 0 N–H and O–H groups in total. The van der Waals surface area contributed by atoms with E-state index < -0.39 is 0 Å². The van der Waals surface area contributed by atoms with E-state index in [1.807, 2.05) is 10.9 Å². The van der Waals surface area contributed by atoms with Crippen LogP contribution in [0.3, 0.4) is 0 Å². The molecular formula is C16H21N3. The van der Waals surface area contributed by atoms with Crippen LogP contribution < -0.4 is 0 Å². The van der Waals surface area contributed by atoms with Gasteiger partial charge in [0.1, 0.15) is 0 Å². The SMILES string of the molecule is Cc1cnn(-c2ccc(CN3C(C)CC3C)cc2)c1. The first kappa shape index (κ1) is 12.4. The van der Waals surface area contributed by atoms with Gasteiger partial charge in [-0.15, -0.1) is 0 Å². The molecule has 2 unspecified atom stereocenters. The van der Waals surface area contributed by atoms with Crippen LogP contribution in [0.4, 0.5) is 0 Å². The van der Waals surface area contributed by atoms with Gasteiger partial charge in [0.05, 0.1) is 11.9 Å². The summed E-state index contributed by atoms with van der Waals surface area (Å²) in [6.45, 7) is 7.73. The number of hydrogen-bond donors (Lipinski definition) is 0. The molecule has 19 heavy (non-hydrogen) atoms. The number of aryl methyl sites for hydroxylation is 1. The maximum Gasteiger partial charge on any atom is 0.0645 e. The normalized spacial score (nSPS) is 23.3. The molecule has 3 heteroatoms. The van der Waals surface area contributed by atoms with E-state index in [-0.39, 0.29) is 0 Å². The van der Waals surface area contributed by atoms with Gasteiger partial charge in [-0.2, -0.15) is 5.10 Å². The quantitative estimate of drug-likeness (QED) is 0.840. The van der Waals surface area contributed by atoms with Crippen LogP contribution in [-0.2, 0) is 6.54 Å². The molecule has 1 fully saturated rings. The zero-order chi connectivity index (χ0) is 13.4. The van der Waals surface area contributed by atoms with Gasteiger partial charge in [-0.1, -0.05) is 12.1 Å². The molecular weight excluding hydrogens is 234 g/mol. The lowest BCUT2D eigenvalue weighted by atomic mass is 9.95. The van der Waals surface area contributed by atoms with Gasteiger partial charge in [0, 0.05) is 24.8 Å². The molecule has 3 rings (SSSR count). The zero-order valence-corrected chi connectivity index (χ0v) is 11.9. The summed E-state index contributed by atoms with van der Waals surface area (Å²) in [5.41, 5.74) is 3.69. The van der Waals surface area contributed by atoms with E-state index in [0.29, 0.717) is 0 Å². The minimum atomic E-state index is 0.725. The molecule has 2 atom stereocenters. The van der Waals surface area contributed by atoms with E-state index in [0.717, 1.165) is 24.3 Å². The van der Waals surface area contributed by atoms with Crippen molar-refractivity contribution in [1.82, 2.24) is 14.7 Å². The van der Waals surface area contributed by atoms with Gasteiger partial charge in [0.15, 0.2) is 0 Å². The summed E-state index contributed by atoms with van der Waals surface area (Å²) in [4.78, 5) is 2.55. The van der Waals surface area contributed by atoms with E-state index in [2.05, 4.69) is 61.2 Å². The Balaban J connectivity index is 1.72. The second-order valence-electron chi connectivity index (χ2n) is 5.73. The number of likely N-dealkylation sites (tertiary alicyclic amines) is 1. The second-order valence-corrected chi connectivity index (χ2v) is 5.73. The molecule has 1 aromatic carbocycles. The Morgan fingerprint density at radius 3 is 2.37 bits per heavy atom. The number of rotatable bonds is 3. The largest absolute Gasteiger partial charge is 0.294 e. The average molecular weight is 255 g/mol. The lowest BCUT2D eigenvalue weighted by molar-refractivity contribution is 0.0296. The predicted octanol–water partition coefficient (Wildman–Crippen LogP) is 3.16.